The van der Waals surface area contributed by atoms with Crippen molar-refractivity contribution in [3.8, 4) is 5.75 Å². The standard InChI is InChI=1S/C24H24F7N7O3/c1-13(2)12-37-8-6-18(34-37)15-11-22(24(29,30)31,32-20(39)19(15)38-21(40)33-35-36-38)16-5-4-14(10-17(16)25)41-9-3-7-23(26,27)28/h4-6,8,10,13H,3,7,9,11-12H2,1-2H3,(H,32,39)(H,33,36,40). The van der Waals surface area contributed by atoms with E-state index in [1.165, 1.54) is 16.9 Å². The summed E-state index contributed by atoms with van der Waals surface area (Å²) in [7, 11) is 0. The molecule has 0 radical (unpaired) electrons. The molecule has 1 amide bonds. The summed E-state index contributed by atoms with van der Waals surface area (Å²) in [5, 5.41) is 14.8. The molecule has 3 aromatic rings. The van der Waals surface area contributed by atoms with Crippen molar-refractivity contribution < 1.29 is 40.3 Å². The molecule has 0 bridgehead atoms. The van der Waals surface area contributed by atoms with Crippen LogP contribution in [0.4, 0.5) is 30.7 Å². The first-order valence-electron chi connectivity index (χ1n) is 12.3. The summed E-state index contributed by atoms with van der Waals surface area (Å²) < 4.78 is 104. The third-order valence-corrected chi connectivity index (χ3v) is 6.21. The van der Waals surface area contributed by atoms with E-state index in [1.807, 2.05) is 24.3 Å². The summed E-state index contributed by atoms with van der Waals surface area (Å²) in [5.74, 6) is -3.01. The van der Waals surface area contributed by atoms with E-state index in [9.17, 15) is 35.9 Å². The van der Waals surface area contributed by atoms with Crippen molar-refractivity contribution in [3.63, 3.8) is 0 Å². The van der Waals surface area contributed by atoms with Gasteiger partial charge in [0, 0.05) is 42.8 Å². The van der Waals surface area contributed by atoms with Gasteiger partial charge in [-0.25, -0.2) is 14.3 Å². The number of carbonyl (C=O) groups excluding carboxylic acids is 1. The van der Waals surface area contributed by atoms with Gasteiger partial charge in [0.15, 0.2) is 5.54 Å². The van der Waals surface area contributed by atoms with Gasteiger partial charge in [0.2, 0.25) is 0 Å². The zero-order valence-corrected chi connectivity index (χ0v) is 21.6. The second-order valence-corrected chi connectivity index (χ2v) is 9.81. The number of alkyl halides is 6. The summed E-state index contributed by atoms with van der Waals surface area (Å²) in [6.45, 7) is 3.70. The minimum atomic E-state index is -5.27. The Hall–Kier alpha value is -4.18. The molecular formula is C24H24F7N7O3. The van der Waals surface area contributed by atoms with Gasteiger partial charge in [-0.3, -0.25) is 9.48 Å². The molecular weight excluding hydrogens is 567 g/mol. The maximum Gasteiger partial charge on any atom is 0.416 e. The lowest BCUT2D eigenvalue weighted by atomic mass is 9.78. The monoisotopic (exact) mass is 591 g/mol. The van der Waals surface area contributed by atoms with Crippen LogP contribution in [0, 0.1) is 11.7 Å². The number of nitrogens with zero attached hydrogens (tertiary/aromatic N) is 5. The molecule has 0 saturated heterocycles. The molecule has 2 aromatic heterocycles. The van der Waals surface area contributed by atoms with Crippen molar-refractivity contribution in [2.45, 2.75) is 57.5 Å². The first kappa shape index (κ1) is 29.8. The fraction of sp³-hybridized carbons (Fsp3) is 0.458. The zero-order chi connectivity index (χ0) is 30.2. The normalized spacial score (nSPS) is 18.2. The van der Waals surface area contributed by atoms with E-state index in [1.54, 1.807) is 0 Å². The molecule has 41 heavy (non-hydrogen) atoms. The lowest BCUT2D eigenvalue weighted by molar-refractivity contribution is -0.202. The van der Waals surface area contributed by atoms with Gasteiger partial charge in [-0.1, -0.05) is 13.8 Å². The molecule has 222 valence electrons. The lowest BCUT2D eigenvalue weighted by Gasteiger charge is -2.41. The van der Waals surface area contributed by atoms with Gasteiger partial charge in [0.05, 0.1) is 12.3 Å². The van der Waals surface area contributed by atoms with Crippen LogP contribution in [0.15, 0.2) is 35.3 Å². The smallest absolute Gasteiger partial charge is 0.416 e. The van der Waals surface area contributed by atoms with Crippen LogP contribution < -0.4 is 15.7 Å². The van der Waals surface area contributed by atoms with Crippen molar-refractivity contribution in [2.24, 2.45) is 5.92 Å². The number of carbonyl (C=O) groups is 1. The Morgan fingerprint density at radius 1 is 1.12 bits per heavy atom. The Labute approximate surface area is 227 Å². The Balaban J connectivity index is 1.78. The van der Waals surface area contributed by atoms with Crippen LogP contribution in [0.1, 0.15) is 44.4 Å². The number of aromatic nitrogens is 6. The van der Waals surface area contributed by atoms with Crippen LogP contribution in [-0.2, 0) is 16.9 Å². The fourth-order valence-corrected chi connectivity index (χ4v) is 4.44. The Bertz CT molecular complexity index is 1500. The number of aromatic amines is 1. The number of hydrogen-bond acceptors (Lipinski definition) is 6. The molecule has 1 atom stereocenters. The molecule has 1 aromatic carbocycles. The topological polar surface area (TPSA) is 120 Å². The highest BCUT2D eigenvalue weighted by Crippen LogP contribution is 2.49. The number of H-pyrrole nitrogens is 1. The third kappa shape index (κ3) is 6.27. The highest BCUT2D eigenvalue weighted by Gasteiger charge is 2.61. The van der Waals surface area contributed by atoms with Gasteiger partial charge >= 0.3 is 18.0 Å². The molecule has 1 aliphatic heterocycles. The van der Waals surface area contributed by atoms with E-state index in [-0.39, 0.29) is 22.9 Å². The Morgan fingerprint density at radius 2 is 1.85 bits per heavy atom. The largest absolute Gasteiger partial charge is 0.493 e. The number of nitrogens with one attached hydrogen (secondary N) is 2. The molecule has 2 N–H and O–H groups in total. The van der Waals surface area contributed by atoms with Crippen molar-refractivity contribution in [2.75, 3.05) is 6.61 Å². The molecule has 10 nitrogen and oxygen atoms in total. The van der Waals surface area contributed by atoms with E-state index in [4.69, 9.17) is 4.74 Å². The predicted molar refractivity (Wildman–Crippen MR) is 128 cm³/mol. The lowest BCUT2D eigenvalue weighted by Crippen LogP contribution is -2.59. The average Bonchev–Trinajstić information content (AvgIpc) is 3.48. The van der Waals surface area contributed by atoms with Gasteiger partial charge in [0.1, 0.15) is 17.3 Å². The van der Waals surface area contributed by atoms with E-state index in [0.717, 1.165) is 12.1 Å². The van der Waals surface area contributed by atoms with Gasteiger partial charge in [-0.2, -0.15) is 36.1 Å². The number of amides is 1. The number of tetrazole rings is 1. The first-order chi connectivity index (χ1) is 19.1. The van der Waals surface area contributed by atoms with Crippen molar-refractivity contribution in [1.29, 1.82) is 0 Å². The highest BCUT2D eigenvalue weighted by molar-refractivity contribution is 6.22. The third-order valence-electron chi connectivity index (χ3n) is 6.21. The number of ether oxygens (including phenoxy) is 1. The Kier molecular flexibility index (Phi) is 8.00. The summed E-state index contributed by atoms with van der Waals surface area (Å²) in [4.78, 5) is 25.6. The molecule has 1 unspecified atom stereocenters. The van der Waals surface area contributed by atoms with Crippen LogP contribution in [0.25, 0.3) is 11.3 Å². The number of halogens is 7. The van der Waals surface area contributed by atoms with Crippen LogP contribution in [0.5, 0.6) is 5.75 Å². The van der Waals surface area contributed by atoms with Gasteiger partial charge in [-0.15, -0.1) is 0 Å². The molecule has 4 rings (SSSR count). The summed E-state index contributed by atoms with van der Waals surface area (Å²) >= 11 is 0. The minimum Gasteiger partial charge on any atom is -0.493 e. The van der Waals surface area contributed by atoms with Gasteiger partial charge in [0.25, 0.3) is 5.91 Å². The second-order valence-electron chi connectivity index (χ2n) is 9.81. The molecule has 17 heteroatoms. The molecule has 0 fully saturated rings. The SMILES string of the molecule is CC(C)Cn1ccc(C2=C(n3nn[nH]c3=O)C(=O)NC(c3ccc(OCCCC(F)(F)F)cc3F)(C(F)(F)F)C2)n1. The van der Waals surface area contributed by atoms with E-state index in [2.05, 4.69) is 15.5 Å². The van der Waals surface area contributed by atoms with Crippen LogP contribution >= 0.6 is 0 Å². The van der Waals surface area contributed by atoms with E-state index < -0.39 is 72.4 Å². The summed E-state index contributed by atoms with van der Waals surface area (Å²) in [6.07, 6.45) is -10.9. The van der Waals surface area contributed by atoms with Crippen molar-refractivity contribution >= 4 is 17.2 Å². The average molecular weight is 591 g/mol. The quantitative estimate of drug-likeness (QED) is 0.287. The summed E-state index contributed by atoms with van der Waals surface area (Å²) in [5.41, 5.74) is -6.32. The second kappa shape index (κ2) is 11.0. The molecule has 3 heterocycles. The van der Waals surface area contributed by atoms with Crippen LogP contribution in [0.2, 0.25) is 0 Å². The first-order valence-corrected chi connectivity index (χ1v) is 12.3. The number of rotatable bonds is 9. The maximum absolute atomic E-state index is 15.3. The van der Waals surface area contributed by atoms with Crippen molar-refractivity contribution in [3.05, 3.63) is 58.0 Å². The van der Waals surface area contributed by atoms with Crippen LogP contribution in [-0.4, -0.2) is 54.9 Å². The highest BCUT2D eigenvalue weighted by atomic mass is 19.4. The molecule has 0 saturated carbocycles. The summed E-state index contributed by atoms with van der Waals surface area (Å²) in [6, 6.07) is 3.66. The predicted octanol–water partition coefficient (Wildman–Crippen LogP) is 4.03. The minimum absolute atomic E-state index is 0.0796. The number of benzene rings is 1. The van der Waals surface area contributed by atoms with Gasteiger partial charge < -0.3 is 10.1 Å². The zero-order valence-electron chi connectivity index (χ0n) is 21.6. The molecule has 1 aliphatic rings. The maximum atomic E-state index is 15.3. The molecule has 0 aliphatic carbocycles. The van der Waals surface area contributed by atoms with Crippen LogP contribution in [0.3, 0.4) is 0 Å². The van der Waals surface area contributed by atoms with E-state index >= 15 is 4.39 Å². The molecule has 0 spiro atoms. The van der Waals surface area contributed by atoms with E-state index in [0.29, 0.717) is 17.3 Å². The van der Waals surface area contributed by atoms with Gasteiger partial charge in [-0.05, 0) is 41.0 Å². The Morgan fingerprint density at radius 3 is 2.44 bits per heavy atom. The number of hydrogen-bond donors (Lipinski definition) is 2. The fourth-order valence-electron chi connectivity index (χ4n) is 4.44. The van der Waals surface area contributed by atoms with Crippen molar-refractivity contribution in [1.82, 2.24) is 35.3 Å².